The number of rotatable bonds is 10. The summed E-state index contributed by atoms with van der Waals surface area (Å²) in [6.07, 6.45) is 8.47. The first kappa shape index (κ1) is 26.9. The molecule has 7 nitrogen and oxygen atoms in total. The Labute approximate surface area is 246 Å². The van der Waals surface area contributed by atoms with Crippen LogP contribution in [0.5, 0.6) is 5.75 Å². The second-order valence-corrected chi connectivity index (χ2v) is 11.1. The molecule has 0 amide bonds. The SMILES string of the molecule is CCCCCCOc1ccc(-c2nn(-c3ccccc3)cc2C=c2sc3nc(-c4ccc(Cl)cc4)nn3c2=O)cc1. The molecule has 3 heterocycles. The molecule has 3 aromatic heterocycles. The van der Waals surface area contributed by atoms with E-state index < -0.39 is 0 Å². The van der Waals surface area contributed by atoms with Gasteiger partial charge in [0, 0.05) is 27.9 Å². The number of hydrogen-bond donors (Lipinski definition) is 0. The molecule has 0 unspecified atom stereocenters. The second kappa shape index (κ2) is 12.1. The number of unbranched alkanes of at least 4 members (excludes halogenated alkanes) is 3. The Morgan fingerprint density at radius 1 is 0.902 bits per heavy atom. The van der Waals surface area contributed by atoms with Crippen LogP contribution in [-0.2, 0) is 0 Å². The van der Waals surface area contributed by atoms with Gasteiger partial charge in [-0.25, -0.2) is 4.68 Å². The van der Waals surface area contributed by atoms with Crippen molar-refractivity contribution in [1.82, 2.24) is 24.4 Å². The van der Waals surface area contributed by atoms with E-state index in [1.807, 2.05) is 83.7 Å². The average molecular weight is 582 g/mol. The van der Waals surface area contributed by atoms with Crippen LogP contribution in [0.15, 0.2) is 89.9 Å². The summed E-state index contributed by atoms with van der Waals surface area (Å²) < 4.78 is 9.65. The van der Waals surface area contributed by atoms with E-state index in [0.717, 1.165) is 40.2 Å². The van der Waals surface area contributed by atoms with Gasteiger partial charge in [0.05, 0.1) is 16.8 Å². The lowest BCUT2D eigenvalue weighted by atomic mass is 10.1. The summed E-state index contributed by atoms with van der Waals surface area (Å²) in [4.78, 5) is 18.5. The number of thiazole rings is 1. The quantitative estimate of drug-likeness (QED) is 0.166. The predicted octanol–water partition coefficient (Wildman–Crippen LogP) is 6.83. The van der Waals surface area contributed by atoms with Gasteiger partial charge in [-0.2, -0.15) is 14.6 Å². The second-order valence-electron chi connectivity index (χ2n) is 9.70. The summed E-state index contributed by atoms with van der Waals surface area (Å²) in [5, 5.41) is 10.00. The van der Waals surface area contributed by atoms with E-state index in [9.17, 15) is 4.79 Å². The molecule has 6 rings (SSSR count). The van der Waals surface area contributed by atoms with Gasteiger partial charge in [0.2, 0.25) is 4.96 Å². The first-order chi connectivity index (χ1) is 20.1. The third-order valence-electron chi connectivity index (χ3n) is 6.73. The van der Waals surface area contributed by atoms with Crippen molar-refractivity contribution in [1.29, 1.82) is 0 Å². The minimum atomic E-state index is -0.219. The Balaban J connectivity index is 1.34. The van der Waals surface area contributed by atoms with Crippen LogP contribution in [0.25, 0.3) is 39.4 Å². The molecule has 206 valence electrons. The fourth-order valence-electron chi connectivity index (χ4n) is 4.55. The first-order valence-corrected chi connectivity index (χ1v) is 14.8. The molecule has 0 aliphatic rings. The summed E-state index contributed by atoms with van der Waals surface area (Å²) in [7, 11) is 0. The lowest BCUT2D eigenvalue weighted by Crippen LogP contribution is -2.23. The number of para-hydroxylation sites is 1. The highest BCUT2D eigenvalue weighted by Gasteiger charge is 2.15. The van der Waals surface area contributed by atoms with E-state index in [4.69, 9.17) is 21.4 Å². The van der Waals surface area contributed by atoms with Crippen molar-refractivity contribution in [2.24, 2.45) is 0 Å². The van der Waals surface area contributed by atoms with Crippen molar-refractivity contribution in [2.75, 3.05) is 6.61 Å². The molecular formula is C32H28ClN5O2S. The predicted molar refractivity (Wildman–Crippen MR) is 165 cm³/mol. The molecule has 0 bridgehead atoms. The van der Waals surface area contributed by atoms with Gasteiger partial charge in [0.15, 0.2) is 5.82 Å². The van der Waals surface area contributed by atoms with Crippen molar-refractivity contribution >= 4 is 34.0 Å². The van der Waals surface area contributed by atoms with Gasteiger partial charge in [0.25, 0.3) is 5.56 Å². The molecule has 0 fully saturated rings. The maximum atomic E-state index is 13.3. The summed E-state index contributed by atoms with van der Waals surface area (Å²) in [6.45, 7) is 2.91. The van der Waals surface area contributed by atoms with Gasteiger partial charge < -0.3 is 4.74 Å². The smallest absolute Gasteiger partial charge is 0.291 e. The topological polar surface area (TPSA) is 74.3 Å². The molecule has 0 atom stereocenters. The van der Waals surface area contributed by atoms with Crippen molar-refractivity contribution in [3.8, 4) is 34.1 Å². The Bertz CT molecular complexity index is 1880. The average Bonchev–Trinajstić information content (AvgIpc) is 3.69. The molecule has 9 heteroatoms. The fraction of sp³-hybridized carbons (Fsp3) is 0.188. The van der Waals surface area contributed by atoms with Crippen LogP contribution >= 0.6 is 22.9 Å². The highest BCUT2D eigenvalue weighted by atomic mass is 35.5. The van der Waals surface area contributed by atoms with Crippen molar-refractivity contribution < 1.29 is 4.74 Å². The van der Waals surface area contributed by atoms with Crippen LogP contribution in [0.4, 0.5) is 0 Å². The van der Waals surface area contributed by atoms with Gasteiger partial charge in [-0.05, 0) is 73.2 Å². The van der Waals surface area contributed by atoms with Crippen LogP contribution in [-0.4, -0.2) is 31.0 Å². The molecule has 0 saturated heterocycles. The molecule has 0 aliphatic carbocycles. The number of nitrogens with zero attached hydrogens (tertiary/aromatic N) is 5. The largest absolute Gasteiger partial charge is 0.494 e. The number of aromatic nitrogens is 5. The number of fused-ring (bicyclic) bond motifs is 1. The van der Waals surface area contributed by atoms with Crippen LogP contribution in [0.3, 0.4) is 0 Å². The first-order valence-electron chi connectivity index (χ1n) is 13.6. The van der Waals surface area contributed by atoms with E-state index >= 15 is 0 Å². The minimum absolute atomic E-state index is 0.219. The van der Waals surface area contributed by atoms with Crippen molar-refractivity contribution in [3.05, 3.63) is 111 Å². The van der Waals surface area contributed by atoms with E-state index in [0.29, 0.717) is 26.9 Å². The van der Waals surface area contributed by atoms with Crippen molar-refractivity contribution in [3.63, 3.8) is 0 Å². The van der Waals surface area contributed by atoms with E-state index in [1.165, 1.54) is 35.1 Å². The highest BCUT2D eigenvalue weighted by Crippen LogP contribution is 2.27. The van der Waals surface area contributed by atoms with Gasteiger partial charge >= 0.3 is 0 Å². The van der Waals surface area contributed by atoms with Crippen molar-refractivity contribution in [2.45, 2.75) is 32.6 Å². The zero-order chi connectivity index (χ0) is 28.2. The molecule has 0 aliphatic heterocycles. The molecule has 6 aromatic rings. The Hall–Kier alpha value is -4.27. The molecule has 41 heavy (non-hydrogen) atoms. The standard InChI is InChI=1S/C32H28ClN5O2S/c1-2-3-4-8-19-40-27-17-13-22(14-18-27)29-24(21-37(35-29)26-9-6-5-7-10-26)20-28-31(39)38-32(41-28)34-30(36-38)23-11-15-25(33)16-12-23/h5-7,9-18,20-21H,2-4,8,19H2,1H3. The number of ether oxygens (including phenoxy) is 1. The third-order valence-corrected chi connectivity index (χ3v) is 7.94. The molecule has 3 aromatic carbocycles. The molecule has 0 spiro atoms. The van der Waals surface area contributed by atoms with Gasteiger partial charge in [-0.15, -0.1) is 5.10 Å². The van der Waals surface area contributed by atoms with Crippen LogP contribution in [0, 0.1) is 0 Å². The van der Waals surface area contributed by atoms with E-state index in [-0.39, 0.29) is 5.56 Å². The van der Waals surface area contributed by atoms with Gasteiger partial charge in [0.1, 0.15) is 11.4 Å². The Kier molecular flexibility index (Phi) is 7.93. The number of benzene rings is 3. The molecule has 0 N–H and O–H groups in total. The summed E-state index contributed by atoms with van der Waals surface area (Å²) in [6, 6.07) is 25.1. The van der Waals surface area contributed by atoms with Crippen LogP contribution in [0.1, 0.15) is 38.2 Å². The Morgan fingerprint density at radius 2 is 1.66 bits per heavy atom. The maximum absolute atomic E-state index is 13.3. The third kappa shape index (κ3) is 5.94. The molecular weight excluding hydrogens is 554 g/mol. The monoisotopic (exact) mass is 581 g/mol. The highest BCUT2D eigenvalue weighted by molar-refractivity contribution is 7.15. The van der Waals surface area contributed by atoms with Gasteiger partial charge in [-0.1, -0.05) is 67.3 Å². The van der Waals surface area contributed by atoms with E-state index in [2.05, 4.69) is 17.0 Å². The zero-order valence-electron chi connectivity index (χ0n) is 22.5. The minimum Gasteiger partial charge on any atom is -0.494 e. The lowest BCUT2D eigenvalue weighted by Gasteiger charge is -2.07. The fourth-order valence-corrected chi connectivity index (χ4v) is 5.58. The van der Waals surface area contributed by atoms with Gasteiger partial charge in [-0.3, -0.25) is 4.79 Å². The van der Waals surface area contributed by atoms with E-state index in [1.54, 1.807) is 12.1 Å². The Morgan fingerprint density at radius 3 is 2.39 bits per heavy atom. The van der Waals surface area contributed by atoms with Crippen LogP contribution in [0.2, 0.25) is 5.02 Å². The zero-order valence-corrected chi connectivity index (χ0v) is 24.1. The number of hydrogen-bond acceptors (Lipinski definition) is 6. The lowest BCUT2D eigenvalue weighted by molar-refractivity contribution is 0.305. The summed E-state index contributed by atoms with van der Waals surface area (Å²) in [5.41, 5.74) is 4.03. The molecule has 0 saturated carbocycles. The summed E-state index contributed by atoms with van der Waals surface area (Å²) in [5.74, 6) is 1.32. The number of halogens is 1. The normalized spacial score (nSPS) is 11.9. The summed E-state index contributed by atoms with van der Waals surface area (Å²) >= 11 is 7.31. The van der Waals surface area contributed by atoms with Crippen LogP contribution < -0.4 is 14.8 Å². The maximum Gasteiger partial charge on any atom is 0.291 e. The molecule has 0 radical (unpaired) electrons.